The molecule has 0 aromatic heterocycles. The zero-order valence-electron chi connectivity index (χ0n) is 19.4. The van der Waals surface area contributed by atoms with Gasteiger partial charge in [0.2, 0.25) is 0 Å². The molecule has 0 heterocycles. The minimum atomic E-state index is -0.613. The van der Waals surface area contributed by atoms with Gasteiger partial charge in [-0.15, -0.1) is 0 Å². The SMILES string of the molecule is CCc1c(CC)c(-c2ccc(C)cc2)c2c(c1-c1ccc(C)cc1)-c1ccccc1C2O. The first-order valence-electron chi connectivity index (χ1n) is 11.7. The molecule has 1 nitrogen and oxygen atoms in total. The van der Waals surface area contributed by atoms with Crippen LogP contribution in [0.5, 0.6) is 0 Å². The van der Waals surface area contributed by atoms with Crippen LogP contribution in [0.4, 0.5) is 0 Å². The van der Waals surface area contributed by atoms with Crippen molar-refractivity contribution in [1.29, 1.82) is 0 Å². The van der Waals surface area contributed by atoms with Crippen molar-refractivity contribution in [2.24, 2.45) is 0 Å². The van der Waals surface area contributed by atoms with Gasteiger partial charge in [0.15, 0.2) is 0 Å². The van der Waals surface area contributed by atoms with Crippen LogP contribution in [0.2, 0.25) is 0 Å². The Morgan fingerprint density at radius 1 is 0.625 bits per heavy atom. The van der Waals surface area contributed by atoms with Gasteiger partial charge in [0, 0.05) is 5.56 Å². The van der Waals surface area contributed by atoms with Crippen LogP contribution >= 0.6 is 0 Å². The summed E-state index contributed by atoms with van der Waals surface area (Å²) >= 11 is 0. The Hall–Kier alpha value is -3.16. The normalized spacial score (nSPS) is 14.3. The molecule has 1 atom stereocenters. The molecule has 1 N–H and O–H groups in total. The van der Waals surface area contributed by atoms with Gasteiger partial charge in [-0.2, -0.15) is 0 Å². The molecule has 0 aliphatic heterocycles. The number of benzene rings is 4. The molecule has 1 aliphatic rings. The van der Waals surface area contributed by atoms with Crippen molar-refractivity contribution in [1.82, 2.24) is 0 Å². The molecule has 0 bridgehead atoms. The van der Waals surface area contributed by atoms with Crippen LogP contribution in [0.25, 0.3) is 33.4 Å². The second-order valence-electron chi connectivity index (χ2n) is 8.92. The number of aliphatic hydroxyl groups excluding tert-OH is 1. The maximum atomic E-state index is 11.6. The van der Waals surface area contributed by atoms with Gasteiger partial charge in [0.25, 0.3) is 0 Å². The highest BCUT2D eigenvalue weighted by Gasteiger charge is 2.35. The Morgan fingerprint density at radius 3 is 1.69 bits per heavy atom. The first-order valence-corrected chi connectivity index (χ1v) is 11.7. The zero-order chi connectivity index (χ0) is 22.4. The first kappa shape index (κ1) is 20.7. The van der Waals surface area contributed by atoms with E-state index in [0.717, 1.165) is 29.5 Å². The van der Waals surface area contributed by atoms with Crippen LogP contribution in [0, 0.1) is 13.8 Å². The number of aryl methyl sites for hydroxylation is 2. The third-order valence-electron chi connectivity index (χ3n) is 6.94. The lowest BCUT2D eigenvalue weighted by Crippen LogP contribution is -2.06. The molecule has 1 aliphatic carbocycles. The van der Waals surface area contributed by atoms with Crippen LogP contribution in [0.3, 0.4) is 0 Å². The first-order chi connectivity index (χ1) is 15.5. The molecular formula is C31H30O. The van der Waals surface area contributed by atoms with Crippen LogP contribution < -0.4 is 0 Å². The molecular weight excluding hydrogens is 388 g/mol. The van der Waals surface area contributed by atoms with Gasteiger partial charge in [-0.25, -0.2) is 0 Å². The fourth-order valence-electron chi connectivity index (χ4n) is 5.42. The van der Waals surface area contributed by atoms with Gasteiger partial charge in [-0.1, -0.05) is 97.8 Å². The fourth-order valence-corrected chi connectivity index (χ4v) is 5.42. The summed E-state index contributed by atoms with van der Waals surface area (Å²) in [5, 5.41) is 11.6. The Labute approximate surface area is 191 Å². The second-order valence-corrected chi connectivity index (χ2v) is 8.92. The monoisotopic (exact) mass is 418 g/mol. The maximum absolute atomic E-state index is 11.6. The van der Waals surface area contributed by atoms with Crippen LogP contribution in [-0.4, -0.2) is 5.11 Å². The number of aliphatic hydroxyl groups is 1. The van der Waals surface area contributed by atoms with E-state index in [-0.39, 0.29) is 0 Å². The summed E-state index contributed by atoms with van der Waals surface area (Å²) in [5.41, 5.74) is 14.7. The Kier molecular flexibility index (Phi) is 5.23. The zero-order valence-corrected chi connectivity index (χ0v) is 19.4. The summed E-state index contributed by atoms with van der Waals surface area (Å²) in [6.45, 7) is 8.75. The molecule has 4 aromatic rings. The van der Waals surface area contributed by atoms with E-state index in [1.54, 1.807) is 0 Å². The molecule has 0 saturated heterocycles. The number of fused-ring (bicyclic) bond motifs is 3. The van der Waals surface area contributed by atoms with Crippen molar-refractivity contribution >= 4 is 0 Å². The molecule has 5 rings (SSSR count). The fraction of sp³-hybridized carbons (Fsp3) is 0.226. The summed E-state index contributed by atoms with van der Waals surface area (Å²) < 4.78 is 0. The van der Waals surface area contributed by atoms with Crippen LogP contribution in [0.15, 0.2) is 72.8 Å². The Balaban J connectivity index is 1.96. The number of rotatable bonds is 4. The molecule has 0 fully saturated rings. The predicted molar refractivity (Wildman–Crippen MR) is 135 cm³/mol. The molecule has 160 valence electrons. The molecule has 4 aromatic carbocycles. The third-order valence-corrected chi connectivity index (χ3v) is 6.94. The Morgan fingerprint density at radius 2 is 1.12 bits per heavy atom. The second kappa shape index (κ2) is 8.07. The minimum absolute atomic E-state index is 0.613. The van der Waals surface area contributed by atoms with E-state index >= 15 is 0 Å². The van der Waals surface area contributed by atoms with Crippen LogP contribution in [-0.2, 0) is 12.8 Å². The Bertz CT molecular complexity index is 1290. The molecule has 0 amide bonds. The largest absolute Gasteiger partial charge is 0.384 e. The van der Waals surface area contributed by atoms with Crippen molar-refractivity contribution in [2.45, 2.75) is 46.6 Å². The van der Waals surface area contributed by atoms with Crippen LogP contribution in [0.1, 0.15) is 53.3 Å². The van der Waals surface area contributed by atoms with Crippen molar-refractivity contribution in [3.8, 4) is 33.4 Å². The quantitative estimate of drug-likeness (QED) is 0.358. The predicted octanol–water partition coefficient (Wildman–Crippen LogP) is 7.82. The van der Waals surface area contributed by atoms with Gasteiger partial charge >= 0.3 is 0 Å². The van der Waals surface area contributed by atoms with E-state index in [4.69, 9.17) is 0 Å². The topological polar surface area (TPSA) is 20.2 Å². The van der Waals surface area contributed by atoms with Gasteiger partial charge in [-0.3, -0.25) is 0 Å². The van der Waals surface area contributed by atoms with E-state index in [1.165, 1.54) is 50.1 Å². The summed E-state index contributed by atoms with van der Waals surface area (Å²) in [6.07, 6.45) is 1.27. The molecule has 32 heavy (non-hydrogen) atoms. The molecule has 0 radical (unpaired) electrons. The van der Waals surface area contributed by atoms with Gasteiger partial charge in [0.1, 0.15) is 6.10 Å². The van der Waals surface area contributed by atoms with E-state index in [1.807, 2.05) is 6.07 Å². The number of hydrogen-bond donors (Lipinski definition) is 1. The average molecular weight is 419 g/mol. The summed E-state index contributed by atoms with van der Waals surface area (Å²) in [6, 6.07) is 26.0. The van der Waals surface area contributed by atoms with Gasteiger partial charge < -0.3 is 5.11 Å². The smallest absolute Gasteiger partial charge is 0.106 e. The van der Waals surface area contributed by atoms with Gasteiger partial charge in [-0.05, 0) is 76.8 Å². The average Bonchev–Trinajstić information content (AvgIpc) is 3.11. The van der Waals surface area contributed by atoms with Crippen molar-refractivity contribution in [3.05, 3.63) is 106 Å². The van der Waals surface area contributed by atoms with E-state index in [0.29, 0.717) is 0 Å². The molecule has 1 heteroatoms. The standard InChI is InChI=1S/C31H30O/c1-5-23-24(6-2)28(22-17-13-20(4)14-18-22)30-29(25-9-7-8-10-26(25)31(30)32)27(23)21-15-11-19(3)12-16-21/h7-18,31-32H,5-6H2,1-4H3. The highest BCUT2D eigenvalue weighted by Crippen LogP contribution is 2.54. The highest BCUT2D eigenvalue weighted by atomic mass is 16.3. The van der Waals surface area contributed by atoms with E-state index in [2.05, 4.69) is 94.4 Å². The molecule has 0 saturated carbocycles. The van der Waals surface area contributed by atoms with E-state index < -0.39 is 6.10 Å². The maximum Gasteiger partial charge on any atom is 0.106 e. The lowest BCUT2D eigenvalue weighted by molar-refractivity contribution is 0.225. The third kappa shape index (κ3) is 3.12. The van der Waals surface area contributed by atoms with Crippen molar-refractivity contribution in [2.75, 3.05) is 0 Å². The highest BCUT2D eigenvalue weighted by molar-refractivity contribution is 5.99. The minimum Gasteiger partial charge on any atom is -0.384 e. The van der Waals surface area contributed by atoms with Crippen molar-refractivity contribution < 1.29 is 5.11 Å². The lowest BCUT2D eigenvalue weighted by atomic mass is 9.79. The summed E-state index contributed by atoms with van der Waals surface area (Å²) in [4.78, 5) is 0. The van der Waals surface area contributed by atoms with Gasteiger partial charge in [0.05, 0.1) is 0 Å². The summed E-state index contributed by atoms with van der Waals surface area (Å²) in [5.74, 6) is 0. The molecule has 0 spiro atoms. The lowest BCUT2D eigenvalue weighted by Gasteiger charge is -2.25. The number of hydrogen-bond acceptors (Lipinski definition) is 1. The summed E-state index contributed by atoms with van der Waals surface area (Å²) in [7, 11) is 0. The van der Waals surface area contributed by atoms with Crippen molar-refractivity contribution in [3.63, 3.8) is 0 Å². The molecule has 1 unspecified atom stereocenters. The van der Waals surface area contributed by atoms with E-state index in [9.17, 15) is 5.11 Å².